The summed E-state index contributed by atoms with van der Waals surface area (Å²) < 4.78 is 0. The summed E-state index contributed by atoms with van der Waals surface area (Å²) in [6.45, 7) is 0. The number of nitrogens with zero attached hydrogens (tertiary/aromatic N) is 1. The molecule has 3 N–H and O–H groups in total. The monoisotopic (exact) mass is 152 g/mol. The van der Waals surface area contributed by atoms with Gasteiger partial charge in [0.05, 0.1) is 0 Å². The molecule has 0 unspecified atom stereocenters. The predicted molar refractivity (Wildman–Crippen MR) is 40.4 cm³/mol. The van der Waals surface area contributed by atoms with E-state index in [9.17, 15) is 4.79 Å². The van der Waals surface area contributed by atoms with Crippen molar-refractivity contribution in [2.75, 3.05) is 0 Å². The number of amides is 1. The summed E-state index contributed by atoms with van der Waals surface area (Å²) in [6, 6.07) is 0. The molecular weight excluding hydrogens is 142 g/mol. The minimum atomic E-state index is -0.309. The molecule has 0 aliphatic heterocycles. The van der Waals surface area contributed by atoms with Crippen LogP contribution in [-0.2, 0) is 11.2 Å². The van der Waals surface area contributed by atoms with Crippen LogP contribution in [0, 0.1) is 6.42 Å². The van der Waals surface area contributed by atoms with Crippen LogP contribution in [0.2, 0.25) is 0 Å². The molecule has 0 aliphatic carbocycles. The van der Waals surface area contributed by atoms with Gasteiger partial charge in [0.1, 0.15) is 5.82 Å². The van der Waals surface area contributed by atoms with Crippen molar-refractivity contribution in [1.29, 1.82) is 0 Å². The lowest BCUT2D eigenvalue weighted by atomic mass is 10.2. The van der Waals surface area contributed by atoms with E-state index in [4.69, 9.17) is 5.73 Å². The molecule has 0 spiro atoms. The Balaban J connectivity index is 2.19. The van der Waals surface area contributed by atoms with Crippen LogP contribution in [0.1, 0.15) is 12.2 Å². The summed E-state index contributed by atoms with van der Waals surface area (Å²) in [5.41, 5.74) is 4.93. The van der Waals surface area contributed by atoms with Gasteiger partial charge in [-0.05, 0) is 6.42 Å². The average Bonchev–Trinajstić information content (AvgIpc) is 2.39. The molecular formula is C7H10N3O. The lowest BCUT2D eigenvalue weighted by molar-refractivity contribution is -0.117. The van der Waals surface area contributed by atoms with Gasteiger partial charge in [-0.2, -0.15) is 0 Å². The van der Waals surface area contributed by atoms with Gasteiger partial charge in [0, 0.05) is 25.2 Å². The molecule has 59 valence electrons. The summed E-state index contributed by atoms with van der Waals surface area (Å²) in [5.74, 6) is 0.544. The van der Waals surface area contributed by atoms with Gasteiger partial charge in [0.15, 0.2) is 0 Å². The van der Waals surface area contributed by atoms with E-state index in [1.54, 1.807) is 18.8 Å². The normalized spacial score (nSPS) is 9.82. The number of aromatic amines is 1. The highest BCUT2D eigenvalue weighted by atomic mass is 16.1. The van der Waals surface area contributed by atoms with Crippen molar-refractivity contribution in [2.45, 2.75) is 12.8 Å². The maximum Gasteiger partial charge on any atom is 0.217 e. The van der Waals surface area contributed by atoms with Crippen LogP contribution in [0.25, 0.3) is 0 Å². The molecule has 0 saturated heterocycles. The Morgan fingerprint density at radius 2 is 2.64 bits per heavy atom. The van der Waals surface area contributed by atoms with Crippen molar-refractivity contribution in [3.05, 3.63) is 24.6 Å². The van der Waals surface area contributed by atoms with E-state index in [2.05, 4.69) is 9.97 Å². The van der Waals surface area contributed by atoms with Crippen LogP contribution < -0.4 is 5.73 Å². The first kappa shape index (κ1) is 7.78. The van der Waals surface area contributed by atoms with Gasteiger partial charge in [0.2, 0.25) is 5.91 Å². The third kappa shape index (κ3) is 2.84. The maximum atomic E-state index is 10.3. The topological polar surface area (TPSA) is 71.8 Å². The zero-order valence-electron chi connectivity index (χ0n) is 6.08. The Morgan fingerprint density at radius 1 is 1.82 bits per heavy atom. The van der Waals surface area contributed by atoms with Crippen molar-refractivity contribution in [1.82, 2.24) is 9.97 Å². The van der Waals surface area contributed by atoms with Gasteiger partial charge < -0.3 is 10.7 Å². The number of rotatable bonds is 4. The van der Waals surface area contributed by atoms with Gasteiger partial charge in [-0.25, -0.2) is 4.98 Å². The highest BCUT2D eigenvalue weighted by Gasteiger charge is 1.97. The number of aromatic nitrogens is 2. The van der Waals surface area contributed by atoms with E-state index in [0.29, 0.717) is 12.8 Å². The Morgan fingerprint density at radius 3 is 3.18 bits per heavy atom. The average molecular weight is 152 g/mol. The first-order valence-corrected chi connectivity index (χ1v) is 3.37. The molecule has 1 rings (SSSR count). The van der Waals surface area contributed by atoms with E-state index in [-0.39, 0.29) is 5.91 Å². The van der Waals surface area contributed by atoms with E-state index >= 15 is 0 Å². The zero-order chi connectivity index (χ0) is 8.10. The number of H-pyrrole nitrogens is 1. The van der Waals surface area contributed by atoms with Crippen molar-refractivity contribution < 1.29 is 4.79 Å². The van der Waals surface area contributed by atoms with E-state index < -0.39 is 0 Å². The summed E-state index contributed by atoms with van der Waals surface area (Å²) in [5, 5.41) is 0. The Bertz CT molecular complexity index is 218. The van der Waals surface area contributed by atoms with Crippen LogP contribution in [0.3, 0.4) is 0 Å². The van der Waals surface area contributed by atoms with Gasteiger partial charge in [-0.1, -0.05) is 0 Å². The fraction of sp³-hybridized carbons (Fsp3) is 0.286. The van der Waals surface area contributed by atoms with E-state index in [1.165, 1.54) is 0 Å². The molecule has 11 heavy (non-hydrogen) atoms. The number of hydrogen-bond donors (Lipinski definition) is 2. The highest BCUT2D eigenvalue weighted by molar-refractivity contribution is 5.74. The second-order valence-electron chi connectivity index (χ2n) is 2.20. The second kappa shape index (κ2) is 3.75. The number of hydrogen-bond acceptors (Lipinski definition) is 2. The van der Waals surface area contributed by atoms with Crippen LogP contribution in [0.15, 0.2) is 12.4 Å². The maximum absolute atomic E-state index is 10.3. The van der Waals surface area contributed by atoms with Gasteiger partial charge in [0.25, 0.3) is 0 Å². The summed E-state index contributed by atoms with van der Waals surface area (Å²) >= 11 is 0. The highest BCUT2D eigenvalue weighted by Crippen LogP contribution is 1.95. The van der Waals surface area contributed by atoms with Crippen molar-refractivity contribution in [2.24, 2.45) is 5.73 Å². The molecule has 1 aromatic rings. The number of carbonyl (C=O) groups is 1. The molecule has 0 bridgehead atoms. The van der Waals surface area contributed by atoms with Crippen LogP contribution >= 0.6 is 0 Å². The third-order valence-electron chi connectivity index (χ3n) is 1.24. The van der Waals surface area contributed by atoms with Crippen molar-refractivity contribution in [3.63, 3.8) is 0 Å². The molecule has 4 nitrogen and oxygen atoms in total. The molecule has 1 radical (unpaired) electrons. The number of carbonyl (C=O) groups excluding carboxylic acids is 1. The molecule has 1 aromatic heterocycles. The van der Waals surface area contributed by atoms with Crippen LogP contribution in [0.4, 0.5) is 0 Å². The lowest BCUT2D eigenvalue weighted by Crippen LogP contribution is -2.10. The van der Waals surface area contributed by atoms with Crippen molar-refractivity contribution in [3.8, 4) is 0 Å². The molecule has 1 amide bonds. The molecule has 0 aliphatic rings. The van der Waals surface area contributed by atoms with Crippen LogP contribution in [0.5, 0.6) is 0 Å². The molecule has 0 atom stereocenters. The van der Waals surface area contributed by atoms with Crippen molar-refractivity contribution >= 4 is 5.91 Å². The van der Waals surface area contributed by atoms with Gasteiger partial charge >= 0.3 is 0 Å². The quantitative estimate of drug-likeness (QED) is 0.639. The van der Waals surface area contributed by atoms with Crippen LogP contribution in [-0.4, -0.2) is 15.9 Å². The molecule has 1 heterocycles. The number of nitrogens with two attached hydrogens (primary N) is 1. The number of imidazole rings is 1. The van der Waals surface area contributed by atoms with Gasteiger partial charge in [-0.3, -0.25) is 4.79 Å². The minimum Gasteiger partial charge on any atom is -0.370 e. The minimum absolute atomic E-state index is 0.306. The fourth-order valence-corrected chi connectivity index (χ4v) is 0.761. The van der Waals surface area contributed by atoms with E-state index in [0.717, 1.165) is 5.82 Å². The predicted octanol–water partition coefficient (Wildman–Crippen LogP) is 0.0319. The smallest absolute Gasteiger partial charge is 0.217 e. The standard InChI is InChI=1S/C7H10N3O/c8-6(11)2-1-3-7-9-4-5-10-7/h1,4-5H,2-3H2,(H2,8,11)(H,9,10). The Hall–Kier alpha value is -1.32. The Kier molecular flexibility index (Phi) is 2.66. The van der Waals surface area contributed by atoms with E-state index in [1.807, 2.05) is 0 Å². The first-order valence-electron chi connectivity index (χ1n) is 3.37. The molecule has 0 fully saturated rings. The molecule has 0 aromatic carbocycles. The second-order valence-corrected chi connectivity index (χ2v) is 2.20. The Labute approximate surface area is 64.8 Å². The number of nitrogens with one attached hydrogen (secondary N) is 1. The SMILES string of the molecule is NC(=O)C[CH]Cc1ncc[nH]1. The fourth-order valence-electron chi connectivity index (χ4n) is 0.761. The molecule has 4 heteroatoms. The largest absolute Gasteiger partial charge is 0.370 e. The summed E-state index contributed by atoms with van der Waals surface area (Å²) in [7, 11) is 0. The molecule has 0 saturated carbocycles. The summed E-state index contributed by atoms with van der Waals surface area (Å²) in [6.07, 6.45) is 6.18. The summed E-state index contributed by atoms with van der Waals surface area (Å²) in [4.78, 5) is 17.2. The zero-order valence-corrected chi connectivity index (χ0v) is 6.08. The van der Waals surface area contributed by atoms with Gasteiger partial charge in [-0.15, -0.1) is 0 Å². The lowest BCUT2D eigenvalue weighted by Gasteiger charge is -1.92. The third-order valence-corrected chi connectivity index (χ3v) is 1.24. The number of primary amides is 1. The first-order chi connectivity index (χ1) is 5.29.